The molecule has 0 saturated heterocycles. The van der Waals surface area contributed by atoms with Crippen molar-refractivity contribution in [3.05, 3.63) is 60.3 Å². The second-order valence-electron chi connectivity index (χ2n) is 4.35. The molecule has 0 saturated carbocycles. The van der Waals surface area contributed by atoms with Gasteiger partial charge in [0.2, 0.25) is 0 Å². The summed E-state index contributed by atoms with van der Waals surface area (Å²) >= 11 is 0. The molecule has 0 aliphatic rings. The molecule has 1 aromatic heterocycles. The topological polar surface area (TPSA) is 81.9 Å². The van der Waals surface area contributed by atoms with Gasteiger partial charge in [0.1, 0.15) is 17.2 Å². The first-order valence-corrected chi connectivity index (χ1v) is 6.28. The van der Waals surface area contributed by atoms with Gasteiger partial charge >= 0.3 is 0 Å². The number of nitrogens with one attached hydrogen (secondary N) is 1. The van der Waals surface area contributed by atoms with E-state index in [2.05, 4.69) is 16.3 Å². The quantitative estimate of drug-likeness (QED) is 0.768. The highest BCUT2D eigenvalue weighted by atomic mass is 16.5. The van der Waals surface area contributed by atoms with Gasteiger partial charge in [-0.05, 0) is 36.4 Å². The van der Waals surface area contributed by atoms with E-state index in [0.717, 1.165) is 0 Å². The van der Waals surface area contributed by atoms with E-state index in [4.69, 9.17) is 10.00 Å². The van der Waals surface area contributed by atoms with Crippen LogP contribution in [0, 0.1) is 11.3 Å². The maximum atomic E-state index is 9.90. The predicted octanol–water partition coefficient (Wildman–Crippen LogP) is 3.45. The molecule has 3 aromatic rings. The standard InChI is InChI=1S/C16H11N3O2/c17-9-11-5-7-12(8-6-11)21-15-10-18-19-16(15)13-3-1-2-4-14(13)20/h1-8,10,20H,(H,18,19). The highest BCUT2D eigenvalue weighted by Gasteiger charge is 2.13. The lowest BCUT2D eigenvalue weighted by Gasteiger charge is -2.06. The van der Waals surface area contributed by atoms with Crippen molar-refractivity contribution in [2.75, 3.05) is 0 Å². The molecule has 0 spiro atoms. The first-order chi connectivity index (χ1) is 10.3. The van der Waals surface area contributed by atoms with E-state index in [9.17, 15) is 5.11 Å². The Morgan fingerprint density at radius 2 is 1.86 bits per heavy atom. The number of nitrogens with zero attached hydrogens (tertiary/aromatic N) is 2. The monoisotopic (exact) mass is 277 g/mol. The lowest BCUT2D eigenvalue weighted by molar-refractivity contribution is 0.472. The zero-order valence-electron chi connectivity index (χ0n) is 10.9. The Balaban J connectivity index is 1.92. The summed E-state index contributed by atoms with van der Waals surface area (Å²) in [6.07, 6.45) is 1.61. The van der Waals surface area contributed by atoms with E-state index in [1.54, 1.807) is 48.7 Å². The summed E-state index contributed by atoms with van der Waals surface area (Å²) in [6, 6.07) is 15.7. The fourth-order valence-electron chi connectivity index (χ4n) is 1.95. The summed E-state index contributed by atoms with van der Waals surface area (Å²) in [5.41, 5.74) is 1.68. The zero-order valence-corrected chi connectivity index (χ0v) is 10.9. The van der Waals surface area contributed by atoms with Gasteiger partial charge in [0.15, 0.2) is 5.75 Å². The molecule has 0 atom stereocenters. The second-order valence-corrected chi connectivity index (χ2v) is 4.35. The molecule has 2 aromatic carbocycles. The lowest BCUT2D eigenvalue weighted by Crippen LogP contribution is -1.87. The number of benzene rings is 2. The minimum atomic E-state index is 0.134. The van der Waals surface area contributed by atoms with Crippen LogP contribution in [0.25, 0.3) is 11.3 Å². The molecule has 0 aliphatic carbocycles. The van der Waals surface area contributed by atoms with Gasteiger partial charge in [-0.25, -0.2) is 0 Å². The number of aromatic amines is 1. The summed E-state index contributed by atoms with van der Waals surface area (Å²) in [5.74, 6) is 1.22. The van der Waals surface area contributed by atoms with Crippen molar-refractivity contribution in [3.8, 4) is 34.6 Å². The van der Waals surface area contributed by atoms with Gasteiger partial charge in [0.05, 0.1) is 17.8 Å². The van der Waals surface area contributed by atoms with Crippen LogP contribution in [0.2, 0.25) is 0 Å². The van der Waals surface area contributed by atoms with E-state index in [1.165, 1.54) is 0 Å². The SMILES string of the molecule is N#Cc1ccc(Oc2c[nH]nc2-c2ccccc2O)cc1. The summed E-state index contributed by atoms with van der Waals surface area (Å²) in [5, 5.41) is 25.5. The number of hydrogen-bond acceptors (Lipinski definition) is 4. The first-order valence-electron chi connectivity index (χ1n) is 6.28. The molecule has 5 nitrogen and oxygen atoms in total. The summed E-state index contributed by atoms with van der Waals surface area (Å²) in [6.45, 7) is 0. The van der Waals surface area contributed by atoms with Gasteiger partial charge in [-0.1, -0.05) is 12.1 Å². The van der Waals surface area contributed by atoms with Gasteiger partial charge in [-0.15, -0.1) is 0 Å². The van der Waals surface area contributed by atoms with Crippen LogP contribution in [0.3, 0.4) is 0 Å². The molecular weight excluding hydrogens is 266 g/mol. The van der Waals surface area contributed by atoms with Crippen molar-refractivity contribution in [3.63, 3.8) is 0 Å². The van der Waals surface area contributed by atoms with E-state index < -0.39 is 0 Å². The molecule has 21 heavy (non-hydrogen) atoms. The average molecular weight is 277 g/mol. The second kappa shape index (κ2) is 5.39. The van der Waals surface area contributed by atoms with Crippen LogP contribution in [0.5, 0.6) is 17.2 Å². The number of aromatic hydroxyl groups is 1. The molecule has 0 radical (unpaired) electrons. The van der Waals surface area contributed by atoms with Crippen LogP contribution in [-0.2, 0) is 0 Å². The first kappa shape index (κ1) is 12.8. The molecular formula is C16H11N3O2. The molecule has 0 bridgehead atoms. The van der Waals surface area contributed by atoms with Crippen LogP contribution in [-0.4, -0.2) is 15.3 Å². The molecule has 0 aliphatic heterocycles. The van der Waals surface area contributed by atoms with Crippen LogP contribution >= 0.6 is 0 Å². The summed E-state index contributed by atoms with van der Waals surface area (Å²) < 4.78 is 5.74. The van der Waals surface area contributed by atoms with Gasteiger partial charge in [-0.2, -0.15) is 10.4 Å². The highest BCUT2D eigenvalue weighted by Crippen LogP contribution is 2.35. The number of aromatic nitrogens is 2. The molecule has 102 valence electrons. The number of H-pyrrole nitrogens is 1. The third-order valence-electron chi connectivity index (χ3n) is 2.98. The molecule has 1 heterocycles. The number of phenols is 1. The molecule has 0 fully saturated rings. The third-order valence-corrected chi connectivity index (χ3v) is 2.98. The van der Waals surface area contributed by atoms with Crippen LogP contribution in [0.15, 0.2) is 54.7 Å². The molecule has 2 N–H and O–H groups in total. The van der Waals surface area contributed by atoms with Crippen LogP contribution in [0.4, 0.5) is 0 Å². The minimum Gasteiger partial charge on any atom is -0.507 e. The maximum Gasteiger partial charge on any atom is 0.173 e. The van der Waals surface area contributed by atoms with Crippen molar-refractivity contribution in [2.45, 2.75) is 0 Å². The predicted molar refractivity (Wildman–Crippen MR) is 76.9 cm³/mol. The van der Waals surface area contributed by atoms with Gasteiger partial charge < -0.3 is 9.84 Å². The Kier molecular flexibility index (Phi) is 3.27. The van der Waals surface area contributed by atoms with Crippen molar-refractivity contribution < 1.29 is 9.84 Å². The van der Waals surface area contributed by atoms with Crippen LogP contribution < -0.4 is 4.74 Å². The van der Waals surface area contributed by atoms with Gasteiger partial charge in [0, 0.05) is 5.56 Å². The van der Waals surface area contributed by atoms with E-state index in [-0.39, 0.29) is 5.75 Å². The van der Waals surface area contributed by atoms with Gasteiger partial charge in [0.25, 0.3) is 0 Å². The Morgan fingerprint density at radius 1 is 1.10 bits per heavy atom. The van der Waals surface area contributed by atoms with Crippen molar-refractivity contribution in [2.24, 2.45) is 0 Å². The van der Waals surface area contributed by atoms with Crippen molar-refractivity contribution >= 4 is 0 Å². The molecule has 0 amide bonds. The number of ether oxygens (including phenoxy) is 1. The van der Waals surface area contributed by atoms with Crippen molar-refractivity contribution in [1.82, 2.24) is 10.2 Å². The number of para-hydroxylation sites is 1. The average Bonchev–Trinajstić information content (AvgIpc) is 2.96. The fraction of sp³-hybridized carbons (Fsp3) is 0. The molecule has 0 unspecified atom stereocenters. The lowest BCUT2D eigenvalue weighted by atomic mass is 10.1. The van der Waals surface area contributed by atoms with Crippen molar-refractivity contribution in [1.29, 1.82) is 5.26 Å². The van der Waals surface area contributed by atoms with Crippen LogP contribution in [0.1, 0.15) is 5.56 Å². The van der Waals surface area contributed by atoms with E-state index in [1.807, 2.05) is 6.07 Å². The maximum absolute atomic E-state index is 9.90. The highest BCUT2D eigenvalue weighted by molar-refractivity contribution is 5.71. The largest absolute Gasteiger partial charge is 0.507 e. The Hall–Kier alpha value is -3.26. The minimum absolute atomic E-state index is 0.134. The zero-order chi connectivity index (χ0) is 14.7. The third kappa shape index (κ3) is 2.55. The smallest absolute Gasteiger partial charge is 0.173 e. The number of hydrogen-bond donors (Lipinski definition) is 2. The number of rotatable bonds is 3. The molecule has 3 rings (SSSR count). The normalized spacial score (nSPS) is 10.0. The fourth-order valence-corrected chi connectivity index (χ4v) is 1.95. The van der Waals surface area contributed by atoms with Gasteiger partial charge in [-0.3, -0.25) is 5.10 Å². The Bertz CT molecular complexity index is 801. The Morgan fingerprint density at radius 3 is 2.57 bits per heavy atom. The Labute approximate surface area is 121 Å². The summed E-state index contributed by atoms with van der Waals surface area (Å²) in [4.78, 5) is 0. The number of phenolic OH excluding ortho intramolecular Hbond substituents is 1. The number of nitriles is 1. The van der Waals surface area contributed by atoms with E-state index in [0.29, 0.717) is 28.3 Å². The molecule has 5 heteroatoms. The summed E-state index contributed by atoms with van der Waals surface area (Å²) in [7, 11) is 0. The van der Waals surface area contributed by atoms with E-state index >= 15 is 0 Å².